The molecule has 0 aliphatic heterocycles. The molecule has 130 valence electrons. The minimum Gasteiger partial charge on any atom is -0.495 e. The van der Waals surface area contributed by atoms with Crippen molar-refractivity contribution >= 4 is 43.8 Å². The zero-order valence-corrected chi connectivity index (χ0v) is 15.1. The van der Waals surface area contributed by atoms with Crippen molar-refractivity contribution in [3.8, 4) is 11.5 Å². The molecule has 3 aromatic rings. The molecule has 0 saturated heterocycles. The van der Waals surface area contributed by atoms with Gasteiger partial charge in [-0.05, 0) is 18.2 Å². The molecule has 0 aliphatic carbocycles. The smallest absolute Gasteiger partial charge is 0.324 e. The summed E-state index contributed by atoms with van der Waals surface area (Å²) in [6.07, 6.45) is 0. The molecule has 0 fully saturated rings. The summed E-state index contributed by atoms with van der Waals surface area (Å²) in [7, 11) is 4.89. The molecule has 0 atom stereocenters. The van der Waals surface area contributed by atoms with Crippen molar-refractivity contribution in [1.82, 2.24) is 4.57 Å². The largest absolute Gasteiger partial charge is 0.495 e. The van der Waals surface area contributed by atoms with Crippen molar-refractivity contribution in [3.05, 3.63) is 44.1 Å². The number of ether oxygens (including phenoxy) is 2. The van der Waals surface area contributed by atoms with Gasteiger partial charge in [0.15, 0.2) is 4.80 Å². The maximum atomic E-state index is 12.3. The Morgan fingerprint density at radius 1 is 1.16 bits per heavy atom. The van der Waals surface area contributed by atoms with Crippen LogP contribution in [0, 0.1) is 10.1 Å². The molecule has 0 bridgehead atoms. The Kier molecular flexibility index (Phi) is 4.55. The van der Waals surface area contributed by atoms with Crippen LogP contribution in [0.5, 0.6) is 11.5 Å². The number of aryl methyl sites for hydroxylation is 1. The first-order valence-corrected chi connectivity index (χ1v) is 8.63. The van der Waals surface area contributed by atoms with Crippen molar-refractivity contribution < 1.29 is 19.2 Å². The second-order valence-corrected chi connectivity index (χ2v) is 6.94. The van der Waals surface area contributed by atoms with E-state index in [9.17, 15) is 14.9 Å². The van der Waals surface area contributed by atoms with E-state index >= 15 is 0 Å². The zero-order valence-electron chi connectivity index (χ0n) is 13.5. The molecule has 10 heteroatoms. The fourth-order valence-corrected chi connectivity index (χ4v) is 4.14. The number of hydrogen-bond acceptors (Lipinski definition) is 7. The van der Waals surface area contributed by atoms with Gasteiger partial charge in [-0.15, -0.1) is 0 Å². The van der Waals surface area contributed by atoms with Crippen molar-refractivity contribution in [1.29, 1.82) is 0 Å². The second-order valence-electron chi connectivity index (χ2n) is 4.90. The molecule has 1 aromatic carbocycles. The lowest BCUT2D eigenvalue weighted by Gasteiger charge is -2.06. The fourth-order valence-electron chi connectivity index (χ4n) is 2.31. The van der Waals surface area contributed by atoms with E-state index in [1.54, 1.807) is 38.0 Å². The lowest BCUT2D eigenvalue weighted by Crippen LogP contribution is -2.13. The Hall–Kier alpha value is -2.72. The summed E-state index contributed by atoms with van der Waals surface area (Å²) in [6, 6.07) is 6.27. The molecule has 2 heterocycles. The number of carbonyl (C=O) groups excluding carboxylic acids is 1. The van der Waals surface area contributed by atoms with Gasteiger partial charge in [0.2, 0.25) is 0 Å². The summed E-state index contributed by atoms with van der Waals surface area (Å²) in [6.45, 7) is 0. The van der Waals surface area contributed by atoms with Crippen LogP contribution in [-0.4, -0.2) is 29.6 Å². The minimum absolute atomic E-state index is 0.0948. The van der Waals surface area contributed by atoms with Crippen LogP contribution >= 0.6 is 22.7 Å². The number of nitro groups is 1. The topological polar surface area (TPSA) is 96.0 Å². The normalized spacial score (nSPS) is 11.7. The van der Waals surface area contributed by atoms with E-state index in [2.05, 4.69) is 4.99 Å². The zero-order chi connectivity index (χ0) is 18.1. The molecule has 0 N–H and O–H groups in total. The molecule has 0 unspecified atom stereocenters. The van der Waals surface area contributed by atoms with E-state index in [0.717, 1.165) is 21.6 Å². The van der Waals surface area contributed by atoms with Gasteiger partial charge in [0, 0.05) is 13.1 Å². The van der Waals surface area contributed by atoms with Gasteiger partial charge >= 0.3 is 5.00 Å². The van der Waals surface area contributed by atoms with Crippen LogP contribution in [0.1, 0.15) is 9.67 Å². The average molecular weight is 379 g/mol. The van der Waals surface area contributed by atoms with Gasteiger partial charge in [0.25, 0.3) is 5.91 Å². The summed E-state index contributed by atoms with van der Waals surface area (Å²) in [4.78, 5) is 27.3. The Morgan fingerprint density at radius 3 is 2.44 bits per heavy atom. The molecule has 0 saturated carbocycles. The number of thiazole rings is 1. The quantitative estimate of drug-likeness (QED) is 0.513. The van der Waals surface area contributed by atoms with Crippen molar-refractivity contribution in [3.63, 3.8) is 0 Å². The molecule has 0 spiro atoms. The van der Waals surface area contributed by atoms with Crippen LogP contribution in [0.25, 0.3) is 10.2 Å². The van der Waals surface area contributed by atoms with E-state index in [0.29, 0.717) is 16.3 Å². The number of nitrogens with zero attached hydrogens (tertiary/aromatic N) is 3. The molecule has 3 rings (SSSR count). The monoisotopic (exact) mass is 379 g/mol. The van der Waals surface area contributed by atoms with E-state index in [1.165, 1.54) is 23.5 Å². The number of rotatable bonds is 4. The number of fused-ring (bicyclic) bond motifs is 1. The third kappa shape index (κ3) is 3.01. The van der Waals surface area contributed by atoms with E-state index < -0.39 is 10.8 Å². The summed E-state index contributed by atoms with van der Waals surface area (Å²) in [5.41, 5.74) is 0.760. The van der Waals surface area contributed by atoms with Crippen LogP contribution in [0.2, 0.25) is 0 Å². The van der Waals surface area contributed by atoms with Crippen molar-refractivity contribution in [2.45, 2.75) is 0 Å². The van der Waals surface area contributed by atoms with Gasteiger partial charge in [-0.25, -0.2) is 0 Å². The highest BCUT2D eigenvalue weighted by atomic mass is 32.1. The van der Waals surface area contributed by atoms with Crippen LogP contribution in [0.3, 0.4) is 0 Å². The number of methoxy groups -OCH3 is 2. The lowest BCUT2D eigenvalue weighted by molar-refractivity contribution is -0.380. The molecular weight excluding hydrogens is 366 g/mol. The Bertz CT molecular complexity index is 1050. The lowest BCUT2D eigenvalue weighted by atomic mass is 10.3. The summed E-state index contributed by atoms with van der Waals surface area (Å²) in [5.74, 6) is 0.755. The van der Waals surface area contributed by atoms with Crippen LogP contribution in [-0.2, 0) is 7.05 Å². The highest BCUT2D eigenvalue weighted by Crippen LogP contribution is 2.34. The summed E-state index contributed by atoms with van der Waals surface area (Å²) < 4.78 is 13.3. The van der Waals surface area contributed by atoms with E-state index in [4.69, 9.17) is 9.47 Å². The van der Waals surface area contributed by atoms with Crippen LogP contribution in [0.4, 0.5) is 5.00 Å². The predicted octanol–water partition coefficient (Wildman–Crippen LogP) is 2.97. The molecule has 0 radical (unpaired) electrons. The average Bonchev–Trinajstić information content (AvgIpc) is 3.21. The molecule has 2 aromatic heterocycles. The Morgan fingerprint density at radius 2 is 1.84 bits per heavy atom. The van der Waals surface area contributed by atoms with Gasteiger partial charge in [-0.3, -0.25) is 14.9 Å². The molecule has 0 aliphatic rings. The minimum atomic E-state index is -0.531. The molecule has 1 amide bonds. The second kappa shape index (κ2) is 6.65. The number of benzene rings is 1. The number of aromatic nitrogens is 1. The van der Waals surface area contributed by atoms with Crippen molar-refractivity contribution in [2.24, 2.45) is 12.0 Å². The van der Waals surface area contributed by atoms with Gasteiger partial charge in [0.05, 0.1) is 19.1 Å². The van der Waals surface area contributed by atoms with Gasteiger partial charge in [-0.2, -0.15) is 4.99 Å². The van der Waals surface area contributed by atoms with Crippen LogP contribution in [0.15, 0.2) is 29.3 Å². The molecular formula is C15H13N3O5S2. The number of thiophene rings is 1. The fraction of sp³-hybridized carbons (Fsp3) is 0.200. The first kappa shape index (κ1) is 17.1. The van der Waals surface area contributed by atoms with Gasteiger partial charge < -0.3 is 14.0 Å². The maximum absolute atomic E-state index is 12.3. The SMILES string of the molecule is COc1ccc(OC)c2c1sc(=NC(=O)c1ccc([N+](=O)[O-])s1)n2C. The first-order chi connectivity index (χ1) is 12.0. The predicted molar refractivity (Wildman–Crippen MR) is 94.8 cm³/mol. The molecule has 8 nitrogen and oxygen atoms in total. The highest BCUT2D eigenvalue weighted by Gasteiger charge is 2.17. The standard InChI is InChI=1S/C15H13N3O5S2/c1-17-12-8(22-2)4-5-9(23-3)13(12)25-15(17)16-14(19)10-6-7-11(24-10)18(20)21/h4-7H,1-3H3. The summed E-state index contributed by atoms with van der Waals surface area (Å²) >= 11 is 2.08. The van der Waals surface area contributed by atoms with Crippen LogP contribution < -0.4 is 14.3 Å². The number of amides is 1. The summed E-state index contributed by atoms with van der Waals surface area (Å²) in [5, 5.41) is 10.7. The van der Waals surface area contributed by atoms with Gasteiger partial charge in [-0.1, -0.05) is 22.7 Å². The number of carbonyl (C=O) groups is 1. The van der Waals surface area contributed by atoms with E-state index in [-0.39, 0.29) is 9.88 Å². The highest BCUT2D eigenvalue weighted by molar-refractivity contribution is 7.17. The Labute approximate surface area is 149 Å². The van der Waals surface area contributed by atoms with E-state index in [1.807, 2.05) is 0 Å². The third-order valence-electron chi connectivity index (χ3n) is 3.49. The van der Waals surface area contributed by atoms with Gasteiger partial charge in [0.1, 0.15) is 26.6 Å². The third-order valence-corrected chi connectivity index (χ3v) is 5.66. The maximum Gasteiger partial charge on any atom is 0.324 e. The van der Waals surface area contributed by atoms with Crippen molar-refractivity contribution in [2.75, 3.05) is 14.2 Å². The first-order valence-electron chi connectivity index (χ1n) is 7.00. The molecule has 25 heavy (non-hydrogen) atoms. The number of hydrogen-bond donors (Lipinski definition) is 0. The Balaban J connectivity index is 2.14.